The molecule has 1 saturated heterocycles. The van der Waals surface area contributed by atoms with Gasteiger partial charge in [-0.15, -0.1) is 10.2 Å². The average Bonchev–Trinajstić information content (AvgIpc) is 3.27. The molecule has 1 aliphatic rings. The smallest absolute Gasteiger partial charge is 0.156 e. The van der Waals surface area contributed by atoms with Crippen LogP contribution in [0, 0.1) is 0 Å². The molecule has 0 radical (unpaired) electrons. The van der Waals surface area contributed by atoms with Crippen LogP contribution in [0.25, 0.3) is 22.0 Å². The van der Waals surface area contributed by atoms with Crippen LogP contribution in [0.4, 0.5) is 5.82 Å². The maximum atomic E-state index is 5.26. The van der Waals surface area contributed by atoms with E-state index in [-0.39, 0.29) is 0 Å². The van der Waals surface area contributed by atoms with Crippen LogP contribution in [0.1, 0.15) is 19.8 Å². The van der Waals surface area contributed by atoms with Crippen LogP contribution in [0.3, 0.4) is 0 Å². The quantitative estimate of drug-likeness (QED) is 0.712. The molecule has 0 aliphatic carbocycles. The predicted molar refractivity (Wildman–Crippen MR) is 110 cm³/mol. The molecule has 27 heavy (non-hydrogen) atoms. The Hall–Kier alpha value is -2.66. The normalized spacial score (nSPS) is 15.8. The molecule has 1 aliphatic heterocycles. The molecule has 0 saturated carbocycles. The Morgan fingerprint density at radius 2 is 1.70 bits per heavy atom. The molecule has 0 bridgehead atoms. The van der Waals surface area contributed by atoms with Crippen molar-refractivity contribution in [1.29, 1.82) is 0 Å². The fourth-order valence-electron chi connectivity index (χ4n) is 3.75. The number of nitrogens with one attached hydrogen (secondary N) is 1. The zero-order valence-electron chi connectivity index (χ0n) is 16.0. The van der Waals surface area contributed by atoms with Crippen LogP contribution >= 0.6 is 0 Å². The van der Waals surface area contributed by atoms with Crippen LogP contribution < -0.4 is 10.1 Å². The van der Waals surface area contributed by atoms with Crippen molar-refractivity contribution < 1.29 is 4.74 Å². The van der Waals surface area contributed by atoms with Crippen molar-refractivity contribution in [3.8, 4) is 17.0 Å². The lowest BCUT2D eigenvalue weighted by atomic mass is 10.0. The van der Waals surface area contributed by atoms with E-state index in [9.17, 15) is 0 Å². The molecule has 1 unspecified atom stereocenters. The van der Waals surface area contributed by atoms with Gasteiger partial charge in [-0.2, -0.15) is 0 Å². The number of hydrogen-bond donors (Lipinski definition) is 1. The van der Waals surface area contributed by atoms with Gasteiger partial charge in [-0.05, 0) is 57.1 Å². The molecule has 1 atom stereocenters. The molecule has 1 N–H and O–H groups in total. The predicted octanol–water partition coefficient (Wildman–Crippen LogP) is 4.20. The van der Waals surface area contributed by atoms with E-state index in [4.69, 9.17) is 4.74 Å². The number of aromatic nitrogens is 2. The first-order valence-corrected chi connectivity index (χ1v) is 9.64. The molecule has 0 amide bonds. The van der Waals surface area contributed by atoms with Gasteiger partial charge in [0.1, 0.15) is 11.4 Å². The second-order valence-electron chi connectivity index (χ2n) is 7.14. The molecule has 4 rings (SSSR count). The van der Waals surface area contributed by atoms with Crippen LogP contribution in [0.5, 0.6) is 5.75 Å². The van der Waals surface area contributed by atoms with Crippen molar-refractivity contribution in [2.75, 3.05) is 32.1 Å². The Morgan fingerprint density at radius 3 is 2.41 bits per heavy atom. The summed E-state index contributed by atoms with van der Waals surface area (Å²) in [5.41, 5.74) is 1.93. The summed E-state index contributed by atoms with van der Waals surface area (Å²) in [6.07, 6.45) is 2.62. The molecule has 2 aromatic carbocycles. The van der Waals surface area contributed by atoms with E-state index in [0.29, 0.717) is 6.04 Å². The van der Waals surface area contributed by atoms with Crippen LogP contribution in [-0.4, -0.2) is 47.9 Å². The van der Waals surface area contributed by atoms with Gasteiger partial charge >= 0.3 is 0 Å². The third kappa shape index (κ3) is 3.74. The Morgan fingerprint density at radius 1 is 1.00 bits per heavy atom. The summed E-state index contributed by atoms with van der Waals surface area (Å²) >= 11 is 0. The topological polar surface area (TPSA) is 50.3 Å². The first-order valence-electron chi connectivity index (χ1n) is 9.64. The van der Waals surface area contributed by atoms with Gasteiger partial charge in [0.2, 0.25) is 0 Å². The van der Waals surface area contributed by atoms with E-state index < -0.39 is 0 Å². The Bertz CT molecular complexity index is 904. The summed E-state index contributed by atoms with van der Waals surface area (Å²) in [7, 11) is 1.67. The molecule has 5 nitrogen and oxygen atoms in total. The third-order valence-electron chi connectivity index (χ3n) is 5.38. The molecular formula is C22H26N4O. The SMILES string of the molecule is COc1ccc(-c2nnc(NCC(C)N3CCCC3)c3ccccc23)cc1. The fourth-order valence-corrected chi connectivity index (χ4v) is 3.75. The maximum Gasteiger partial charge on any atom is 0.156 e. The molecule has 5 heteroatoms. The Labute approximate surface area is 160 Å². The number of hydrogen-bond acceptors (Lipinski definition) is 5. The van der Waals surface area contributed by atoms with E-state index >= 15 is 0 Å². The minimum absolute atomic E-state index is 0.495. The molecule has 1 fully saturated rings. The van der Waals surface area contributed by atoms with E-state index in [2.05, 4.69) is 45.5 Å². The van der Waals surface area contributed by atoms with E-state index in [0.717, 1.165) is 40.1 Å². The van der Waals surface area contributed by atoms with Gasteiger partial charge in [-0.1, -0.05) is 24.3 Å². The van der Waals surface area contributed by atoms with Crippen molar-refractivity contribution >= 4 is 16.6 Å². The zero-order chi connectivity index (χ0) is 18.6. The van der Waals surface area contributed by atoms with Crippen molar-refractivity contribution in [3.63, 3.8) is 0 Å². The number of anilines is 1. The van der Waals surface area contributed by atoms with E-state index in [1.54, 1.807) is 7.11 Å². The van der Waals surface area contributed by atoms with Gasteiger partial charge in [0.25, 0.3) is 0 Å². The summed E-state index contributed by atoms with van der Waals surface area (Å²) in [6, 6.07) is 16.8. The van der Waals surface area contributed by atoms with E-state index in [1.165, 1.54) is 25.9 Å². The highest BCUT2D eigenvalue weighted by Gasteiger charge is 2.18. The lowest BCUT2D eigenvalue weighted by molar-refractivity contribution is 0.269. The molecule has 3 aromatic rings. The Balaban J connectivity index is 1.61. The lowest BCUT2D eigenvalue weighted by Crippen LogP contribution is -2.35. The van der Waals surface area contributed by atoms with Gasteiger partial charge in [0.15, 0.2) is 5.82 Å². The van der Waals surface area contributed by atoms with E-state index in [1.807, 2.05) is 30.3 Å². The first-order chi connectivity index (χ1) is 13.3. The third-order valence-corrected chi connectivity index (χ3v) is 5.38. The fraction of sp³-hybridized carbons (Fsp3) is 0.364. The summed E-state index contributed by atoms with van der Waals surface area (Å²) in [5.74, 6) is 1.69. The summed E-state index contributed by atoms with van der Waals surface area (Å²) < 4.78 is 5.26. The van der Waals surface area contributed by atoms with Gasteiger partial charge < -0.3 is 10.1 Å². The molecule has 2 heterocycles. The van der Waals surface area contributed by atoms with Crippen molar-refractivity contribution in [3.05, 3.63) is 48.5 Å². The molecule has 0 spiro atoms. The number of fused-ring (bicyclic) bond motifs is 1. The van der Waals surface area contributed by atoms with Crippen molar-refractivity contribution in [2.24, 2.45) is 0 Å². The minimum atomic E-state index is 0.495. The highest BCUT2D eigenvalue weighted by molar-refractivity contribution is 6.00. The van der Waals surface area contributed by atoms with Gasteiger partial charge in [-0.3, -0.25) is 4.90 Å². The highest BCUT2D eigenvalue weighted by Crippen LogP contribution is 2.30. The zero-order valence-corrected chi connectivity index (χ0v) is 16.0. The summed E-state index contributed by atoms with van der Waals surface area (Å²) in [6.45, 7) is 5.55. The highest BCUT2D eigenvalue weighted by atomic mass is 16.5. The van der Waals surface area contributed by atoms with Gasteiger partial charge in [0.05, 0.1) is 7.11 Å². The van der Waals surface area contributed by atoms with Crippen molar-refractivity contribution in [1.82, 2.24) is 15.1 Å². The second-order valence-corrected chi connectivity index (χ2v) is 7.14. The standard InChI is InChI=1S/C22H26N4O/c1-16(26-13-5-6-14-26)15-23-22-20-8-4-3-7-19(20)21(24-25-22)17-9-11-18(27-2)12-10-17/h3-4,7-12,16H,5-6,13-15H2,1-2H3,(H,23,25). The summed E-state index contributed by atoms with van der Waals surface area (Å²) in [4.78, 5) is 2.54. The van der Waals surface area contributed by atoms with Crippen molar-refractivity contribution in [2.45, 2.75) is 25.8 Å². The number of benzene rings is 2. The van der Waals surface area contributed by atoms with Gasteiger partial charge in [-0.25, -0.2) is 0 Å². The lowest BCUT2D eigenvalue weighted by Gasteiger charge is -2.24. The monoisotopic (exact) mass is 362 g/mol. The minimum Gasteiger partial charge on any atom is -0.497 e. The van der Waals surface area contributed by atoms with Gasteiger partial charge in [0, 0.05) is 28.9 Å². The number of likely N-dealkylation sites (tertiary alicyclic amines) is 1. The van der Waals surface area contributed by atoms with Crippen LogP contribution in [0.2, 0.25) is 0 Å². The average molecular weight is 362 g/mol. The number of ether oxygens (including phenoxy) is 1. The Kier molecular flexibility index (Phi) is 5.21. The van der Waals surface area contributed by atoms with Crippen LogP contribution in [-0.2, 0) is 0 Å². The number of nitrogens with zero attached hydrogens (tertiary/aromatic N) is 3. The molecule has 1 aromatic heterocycles. The summed E-state index contributed by atoms with van der Waals surface area (Å²) in [5, 5.41) is 14.8. The van der Waals surface area contributed by atoms with Crippen LogP contribution in [0.15, 0.2) is 48.5 Å². The molecular weight excluding hydrogens is 336 g/mol. The first kappa shape index (κ1) is 17.7. The largest absolute Gasteiger partial charge is 0.497 e. The second kappa shape index (κ2) is 7.92. The molecule has 140 valence electrons. The number of methoxy groups -OCH3 is 1. The number of rotatable bonds is 6. The maximum absolute atomic E-state index is 5.26.